The van der Waals surface area contributed by atoms with Gasteiger partial charge in [-0.2, -0.15) is 0 Å². The van der Waals surface area contributed by atoms with Gasteiger partial charge in [-0.05, 0) is 41.8 Å². The predicted molar refractivity (Wildman–Crippen MR) is 133 cm³/mol. The van der Waals surface area contributed by atoms with E-state index in [1.165, 1.54) is 17.7 Å². The fourth-order valence-electron chi connectivity index (χ4n) is 3.56. The zero-order chi connectivity index (χ0) is 21.2. The van der Waals surface area contributed by atoms with Gasteiger partial charge in [-0.1, -0.05) is 24.3 Å². The summed E-state index contributed by atoms with van der Waals surface area (Å²) in [5, 5.41) is 6.80. The fraction of sp³-hybridized carbons (Fsp3) is 0.435. The van der Waals surface area contributed by atoms with Crippen LogP contribution in [0.2, 0.25) is 0 Å². The first kappa shape index (κ1) is 25.4. The number of methoxy groups -OCH3 is 1. The van der Waals surface area contributed by atoms with E-state index < -0.39 is 0 Å². The van der Waals surface area contributed by atoms with Crippen LogP contribution in [-0.2, 0) is 11.2 Å². The van der Waals surface area contributed by atoms with Crippen molar-refractivity contribution in [3.05, 3.63) is 65.5 Å². The molecule has 0 aliphatic carbocycles. The maximum Gasteiger partial charge on any atom is 0.191 e. The number of hydrogen-bond acceptors (Lipinski definition) is 4. The molecule has 6 nitrogen and oxygen atoms in total. The molecule has 2 N–H and O–H groups in total. The highest BCUT2D eigenvalue weighted by Gasteiger charge is 2.23. The van der Waals surface area contributed by atoms with Crippen molar-refractivity contribution in [2.75, 3.05) is 53.6 Å². The number of morpholine rings is 1. The molecule has 170 valence electrons. The number of ether oxygens (including phenoxy) is 2. The van der Waals surface area contributed by atoms with Gasteiger partial charge in [0, 0.05) is 33.2 Å². The van der Waals surface area contributed by atoms with E-state index in [1.54, 1.807) is 14.2 Å². The molecule has 0 aromatic heterocycles. The van der Waals surface area contributed by atoms with Crippen LogP contribution < -0.4 is 15.4 Å². The molecule has 2 aromatic rings. The summed E-state index contributed by atoms with van der Waals surface area (Å²) in [4.78, 5) is 6.78. The summed E-state index contributed by atoms with van der Waals surface area (Å²) in [6.07, 6.45) is 0.798. The average Bonchev–Trinajstić information content (AvgIpc) is 2.80. The summed E-state index contributed by atoms with van der Waals surface area (Å²) in [5.41, 5.74) is 2.32. The second-order valence-corrected chi connectivity index (χ2v) is 7.19. The smallest absolute Gasteiger partial charge is 0.191 e. The van der Waals surface area contributed by atoms with Crippen molar-refractivity contribution in [1.29, 1.82) is 0 Å². The van der Waals surface area contributed by atoms with Gasteiger partial charge in [-0.25, -0.2) is 4.39 Å². The largest absolute Gasteiger partial charge is 0.497 e. The molecule has 1 unspecified atom stereocenters. The van der Waals surface area contributed by atoms with Gasteiger partial charge < -0.3 is 20.1 Å². The fourth-order valence-corrected chi connectivity index (χ4v) is 3.56. The monoisotopic (exact) mass is 542 g/mol. The van der Waals surface area contributed by atoms with E-state index in [0.717, 1.165) is 63.1 Å². The third kappa shape index (κ3) is 7.93. The van der Waals surface area contributed by atoms with E-state index in [1.807, 2.05) is 24.3 Å². The summed E-state index contributed by atoms with van der Waals surface area (Å²) in [5.74, 6) is 1.39. The van der Waals surface area contributed by atoms with Crippen molar-refractivity contribution in [2.45, 2.75) is 12.5 Å². The molecule has 0 saturated carbocycles. The Balaban J connectivity index is 0.00000341. The number of aliphatic imine (C=N–C) groups is 1. The van der Waals surface area contributed by atoms with Crippen LogP contribution in [0.15, 0.2) is 53.5 Å². The Bertz CT molecular complexity index is 796. The quantitative estimate of drug-likeness (QED) is 0.305. The maximum absolute atomic E-state index is 13.0. The van der Waals surface area contributed by atoms with Crippen molar-refractivity contribution in [1.82, 2.24) is 15.5 Å². The molecule has 0 radical (unpaired) electrons. The molecule has 8 heteroatoms. The SMILES string of the molecule is CN=C(NCCc1ccc(F)cc1)NCC(c1ccc(OC)cc1)N1CCOCC1.I. The molecule has 1 heterocycles. The molecule has 2 aromatic carbocycles. The lowest BCUT2D eigenvalue weighted by Gasteiger charge is -2.35. The average molecular weight is 542 g/mol. The van der Waals surface area contributed by atoms with Crippen molar-refractivity contribution in [3.63, 3.8) is 0 Å². The Hall–Kier alpha value is -1.91. The molecule has 1 aliphatic rings. The lowest BCUT2D eigenvalue weighted by molar-refractivity contribution is 0.0170. The summed E-state index contributed by atoms with van der Waals surface area (Å²) < 4.78 is 23.9. The summed E-state index contributed by atoms with van der Waals surface area (Å²) in [7, 11) is 3.45. The Morgan fingerprint density at radius 1 is 1.10 bits per heavy atom. The maximum atomic E-state index is 13.0. The Morgan fingerprint density at radius 2 is 1.77 bits per heavy atom. The Morgan fingerprint density at radius 3 is 2.39 bits per heavy atom. The first-order chi connectivity index (χ1) is 14.7. The lowest BCUT2D eigenvalue weighted by atomic mass is 10.0. The number of hydrogen-bond donors (Lipinski definition) is 2. The van der Waals surface area contributed by atoms with Crippen molar-refractivity contribution in [2.24, 2.45) is 4.99 Å². The molecular weight excluding hydrogens is 510 g/mol. The van der Waals surface area contributed by atoms with Gasteiger partial charge in [-0.3, -0.25) is 9.89 Å². The van der Waals surface area contributed by atoms with E-state index in [9.17, 15) is 4.39 Å². The minimum Gasteiger partial charge on any atom is -0.497 e. The van der Waals surface area contributed by atoms with E-state index >= 15 is 0 Å². The molecule has 1 fully saturated rings. The van der Waals surface area contributed by atoms with Crippen LogP contribution in [0.1, 0.15) is 17.2 Å². The first-order valence-corrected chi connectivity index (χ1v) is 10.3. The third-order valence-electron chi connectivity index (χ3n) is 5.29. The second kappa shape index (κ2) is 13.5. The molecular formula is C23H32FIN4O2. The summed E-state index contributed by atoms with van der Waals surface area (Å²) in [6.45, 7) is 4.73. The Kier molecular flexibility index (Phi) is 11.0. The molecule has 3 rings (SSSR count). The minimum atomic E-state index is -0.211. The van der Waals surface area contributed by atoms with Crippen LogP contribution in [-0.4, -0.2) is 64.4 Å². The summed E-state index contributed by atoms with van der Waals surface area (Å²) in [6, 6.07) is 15.0. The van der Waals surface area contributed by atoms with Gasteiger partial charge in [0.1, 0.15) is 11.6 Å². The zero-order valence-electron chi connectivity index (χ0n) is 18.1. The highest BCUT2D eigenvalue weighted by Crippen LogP contribution is 2.23. The molecule has 0 bridgehead atoms. The van der Waals surface area contributed by atoms with Crippen LogP contribution in [0, 0.1) is 5.82 Å². The second-order valence-electron chi connectivity index (χ2n) is 7.19. The molecule has 31 heavy (non-hydrogen) atoms. The van der Waals surface area contributed by atoms with Gasteiger partial charge in [0.25, 0.3) is 0 Å². The normalized spacial score (nSPS) is 15.6. The van der Waals surface area contributed by atoms with Gasteiger partial charge in [0.2, 0.25) is 0 Å². The molecule has 1 atom stereocenters. The van der Waals surface area contributed by atoms with Crippen LogP contribution in [0.5, 0.6) is 5.75 Å². The van der Waals surface area contributed by atoms with Gasteiger partial charge in [0.15, 0.2) is 5.96 Å². The predicted octanol–water partition coefficient (Wildman–Crippen LogP) is 3.23. The highest BCUT2D eigenvalue weighted by atomic mass is 127. The van der Waals surface area contributed by atoms with E-state index in [2.05, 4.69) is 32.7 Å². The standard InChI is InChI=1S/C23H31FN4O2.HI/c1-25-23(26-12-11-18-3-7-20(24)8-4-18)27-17-22(28-13-15-30-16-14-28)19-5-9-21(29-2)10-6-19;/h3-10,22H,11-17H2,1-2H3,(H2,25,26,27);1H. The third-order valence-corrected chi connectivity index (χ3v) is 5.29. The lowest BCUT2D eigenvalue weighted by Crippen LogP contribution is -2.46. The Labute approximate surface area is 201 Å². The molecule has 0 spiro atoms. The number of benzene rings is 2. The number of nitrogens with one attached hydrogen (secondary N) is 2. The van der Waals surface area contributed by atoms with Crippen molar-refractivity contribution < 1.29 is 13.9 Å². The molecule has 1 saturated heterocycles. The molecule has 0 amide bonds. The number of rotatable bonds is 8. The van der Waals surface area contributed by atoms with Crippen LogP contribution in [0.4, 0.5) is 4.39 Å². The van der Waals surface area contributed by atoms with E-state index in [0.29, 0.717) is 0 Å². The highest BCUT2D eigenvalue weighted by molar-refractivity contribution is 14.0. The van der Waals surface area contributed by atoms with Crippen LogP contribution in [0.25, 0.3) is 0 Å². The summed E-state index contributed by atoms with van der Waals surface area (Å²) >= 11 is 0. The van der Waals surface area contributed by atoms with Crippen LogP contribution >= 0.6 is 24.0 Å². The van der Waals surface area contributed by atoms with E-state index in [4.69, 9.17) is 9.47 Å². The zero-order valence-corrected chi connectivity index (χ0v) is 20.5. The number of guanidine groups is 1. The van der Waals surface area contributed by atoms with Gasteiger partial charge in [-0.15, -0.1) is 24.0 Å². The number of halogens is 2. The van der Waals surface area contributed by atoms with Gasteiger partial charge >= 0.3 is 0 Å². The molecule has 1 aliphatic heterocycles. The minimum absolute atomic E-state index is 0. The topological polar surface area (TPSA) is 58.1 Å². The number of nitrogens with zero attached hydrogens (tertiary/aromatic N) is 2. The van der Waals surface area contributed by atoms with E-state index in [-0.39, 0.29) is 35.8 Å². The van der Waals surface area contributed by atoms with Crippen molar-refractivity contribution in [3.8, 4) is 5.75 Å². The van der Waals surface area contributed by atoms with Crippen molar-refractivity contribution >= 4 is 29.9 Å². The van der Waals surface area contributed by atoms with Crippen LogP contribution in [0.3, 0.4) is 0 Å². The van der Waals surface area contributed by atoms with Gasteiger partial charge in [0.05, 0.1) is 26.4 Å². The first-order valence-electron chi connectivity index (χ1n) is 10.3.